The van der Waals surface area contributed by atoms with Crippen LogP contribution < -0.4 is 0 Å². The fourth-order valence-electron chi connectivity index (χ4n) is 3.56. The number of pyridine rings is 2. The molecule has 2 aromatic heterocycles. The van der Waals surface area contributed by atoms with E-state index in [9.17, 15) is 0 Å². The van der Waals surface area contributed by atoms with Crippen molar-refractivity contribution in [1.29, 1.82) is 0 Å². The third kappa shape index (κ3) is 2.90. The van der Waals surface area contributed by atoms with Gasteiger partial charge in [-0.2, -0.15) is 0 Å². The van der Waals surface area contributed by atoms with Gasteiger partial charge in [-0.25, -0.2) is 9.97 Å². The zero-order valence-electron chi connectivity index (χ0n) is 14.4. The summed E-state index contributed by atoms with van der Waals surface area (Å²) in [5, 5.41) is 4.86. The number of fused-ring (bicyclic) bond motifs is 2. The fourth-order valence-corrected chi connectivity index (χ4v) is 3.90. The minimum absolute atomic E-state index is 0.808. The highest BCUT2D eigenvalue weighted by Crippen LogP contribution is 2.36. The lowest BCUT2D eigenvalue weighted by molar-refractivity contribution is 1.23. The van der Waals surface area contributed by atoms with E-state index in [2.05, 4.69) is 87.6 Å². The standard InChI is InChI=1S/C24H15BrN2/c25-23-14-6-12-21(27-23)20-11-5-13-22(26-20)24-18-9-3-1-7-16(18)15-17-8-2-4-10-19(17)24/h1-15H. The SMILES string of the molecule is Brc1cccc(-c2cccc(-c3c4ccccc4cc4ccccc34)n2)n1. The first-order chi connectivity index (χ1) is 13.3. The molecule has 0 spiro atoms. The van der Waals surface area contributed by atoms with Crippen LogP contribution in [-0.2, 0) is 0 Å². The van der Waals surface area contributed by atoms with Crippen LogP contribution in [0, 0.1) is 0 Å². The summed E-state index contributed by atoms with van der Waals surface area (Å²) in [6.45, 7) is 0. The average molecular weight is 411 g/mol. The predicted octanol–water partition coefficient (Wildman–Crippen LogP) is 6.88. The Morgan fingerprint density at radius 3 is 1.74 bits per heavy atom. The minimum atomic E-state index is 0.808. The quantitative estimate of drug-likeness (QED) is 0.234. The van der Waals surface area contributed by atoms with Crippen molar-refractivity contribution in [2.24, 2.45) is 0 Å². The van der Waals surface area contributed by atoms with Gasteiger partial charge >= 0.3 is 0 Å². The van der Waals surface area contributed by atoms with Gasteiger partial charge in [-0.3, -0.25) is 0 Å². The van der Waals surface area contributed by atoms with Crippen LogP contribution in [0.3, 0.4) is 0 Å². The van der Waals surface area contributed by atoms with Crippen LogP contribution in [0.1, 0.15) is 0 Å². The van der Waals surface area contributed by atoms with E-state index in [1.54, 1.807) is 0 Å². The molecule has 0 atom stereocenters. The second-order valence-corrected chi connectivity index (χ2v) is 7.26. The molecule has 27 heavy (non-hydrogen) atoms. The van der Waals surface area contributed by atoms with Crippen molar-refractivity contribution < 1.29 is 0 Å². The highest BCUT2D eigenvalue weighted by atomic mass is 79.9. The normalized spacial score (nSPS) is 11.1. The van der Waals surface area contributed by atoms with Crippen LogP contribution in [0.15, 0.2) is 95.6 Å². The van der Waals surface area contributed by atoms with Crippen LogP contribution in [0.25, 0.3) is 44.2 Å². The maximum atomic E-state index is 4.97. The minimum Gasteiger partial charge on any atom is -0.246 e. The van der Waals surface area contributed by atoms with Crippen LogP contribution in [-0.4, -0.2) is 9.97 Å². The van der Waals surface area contributed by atoms with E-state index in [4.69, 9.17) is 4.98 Å². The van der Waals surface area contributed by atoms with Gasteiger partial charge < -0.3 is 0 Å². The number of nitrogens with zero attached hydrogens (tertiary/aromatic N) is 2. The van der Waals surface area contributed by atoms with Gasteiger partial charge in [0.1, 0.15) is 4.60 Å². The van der Waals surface area contributed by atoms with Gasteiger partial charge in [-0.1, -0.05) is 60.7 Å². The van der Waals surface area contributed by atoms with Crippen LogP contribution in [0.5, 0.6) is 0 Å². The van der Waals surface area contributed by atoms with Gasteiger partial charge in [0.05, 0.1) is 17.1 Å². The molecule has 0 saturated carbocycles. The Labute approximate surface area is 165 Å². The first-order valence-electron chi connectivity index (χ1n) is 8.80. The lowest BCUT2D eigenvalue weighted by atomic mass is 9.94. The summed E-state index contributed by atoms with van der Waals surface area (Å²) in [5.41, 5.74) is 3.85. The number of aromatic nitrogens is 2. The van der Waals surface area contributed by atoms with E-state index in [1.165, 1.54) is 27.1 Å². The lowest BCUT2D eigenvalue weighted by Gasteiger charge is -2.12. The molecule has 0 fully saturated rings. The third-order valence-electron chi connectivity index (χ3n) is 4.75. The Bertz CT molecular complexity index is 1240. The average Bonchev–Trinajstić information content (AvgIpc) is 2.72. The lowest BCUT2D eigenvalue weighted by Crippen LogP contribution is -1.92. The predicted molar refractivity (Wildman–Crippen MR) is 116 cm³/mol. The van der Waals surface area contributed by atoms with Crippen molar-refractivity contribution in [2.75, 3.05) is 0 Å². The van der Waals surface area contributed by atoms with Crippen LogP contribution >= 0.6 is 15.9 Å². The van der Waals surface area contributed by atoms with Gasteiger partial charge in [0.15, 0.2) is 0 Å². The number of halogens is 1. The van der Waals surface area contributed by atoms with Gasteiger partial charge in [0.2, 0.25) is 0 Å². The summed E-state index contributed by atoms with van der Waals surface area (Å²) < 4.78 is 0.808. The van der Waals surface area contributed by atoms with Gasteiger partial charge in [0, 0.05) is 5.56 Å². The maximum Gasteiger partial charge on any atom is 0.106 e. The van der Waals surface area contributed by atoms with Crippen molar-refractivity contribution in [3.8, 4) is 22.6 Å². The van der Waals surface area contributed by atoms with Crippen molar-refractivity contribution in [2.45, 2.75) is 0 Å². The zero-order valence-corrected chi connectivity index (χ0v) is 16.0. The summed E-state index contributed by atoms with van der Waals surface area (Å²) in [6, 6.07) is 31.2. The Morgan fingerprint density at radius 1 is 0.519 bits per heavy atom. The number of benzene rings is 3. The molecular formula is C24H15BrN2. The molecule has 5 rings (SSSR count). The van der Waals surface area contributed by atoms with Crippen LogP contribution in [0.4, 0.5) is 0 Å². The van der Waals surface area contributed by atoms with Crippen molar-refractivity contribution in [3.05, 3.63) is 95.6 Å². The van der Waals surface area contributed by atoms with E-state index >= 15 is 0 Å². The molecule has 0 saturated heterocycles. The van der Waals surface area contributed by atoms with Crippen LogP contribution in [0.2, 0.25) is 0 Å². The van der Waals surface area contributed by atoms with Crippen molar-refractivity contribution in [1.82, 2.24) is 9.97 Å². The summed E-state index contributed by atoms with van der Waals surface area (Å²) >= 11 is 3.45. The summed E-state index contributed by atoms with van der Waals surface area (Å²) in [4.78, 5) is 9.53. The fraction of sp³-hybridized carbons (Fsp3) is 0. The molecule has 0 radical (unpaired) electrons. The highest BCUT2D eigenvalue weighted by molar-refractivity contribution is 9.10. The Morgan fingerprint density at radius 2 is 1.07 bits per heavy atom. The first-order valence-corrected chi connectivity index (χ1v) is 9.60. The zero-order chi connectivity index (χ0) is 18.2. The van der Waals surface area contributed by atoms with Crippen molar-refractivity contribution in [3.63, 3.8) is 0 Å². The number of hydrogen-bond donors (Lipinski definition) is 0. The maximum absolute atomic E-state index is 4.97. The topological polar surface area (TPSA) is 25.8 Å². The molecular weight excluding hydrogens is 396 g/mol. The second kappa shape index (κ2) is 6.60. The molecule has 2 nitrogen and oxygen atoms in total. The molecule has 0 unspecified atom stereocenters. The van der Waals surface area contributed by atoms with E-state index in [0.717, 1.165) is 21.7 Å². The molecule has 0 amide bonds. The van der Waals surface area contributed by atoms with Crippen molar-refractivity contribution >= 4 is 37.5 Å². The second-order valence-electron chi connectivity index (χ2n) is 6.45. The van der Waals surface area contributed by atoms with Gasteiger partial charge in [-0.05, 0) is 67.8 Å². The molecule has 2 heterocycles. The van der Waals surface area contributed by atoms with Gasteiger partial charge in [-0.15, -0.1) is 0 Å². The number of rotatable bonds is 2. The summed E-state index contributed by atoms with van der Waals surface area (Å²) in [6.07, 6.45) is 0. The molecule has 3 heteroatoms. The molecule has 0 aliphatic heterocycles. The monoisotopic (exact) mass is 410 g/mol. The molecule has 3 aromatic carbocycles. The molecule has 0 aliphatic carbocycles. The smallest absolute Gasteiger partial charge is 0.106 e. The molecule has 5 aromatic rings. The third-order valence-corrected chi connectivity index (χ3v) is 5.20. The molecule has 0 N–H and O–H groups in total. The Hall–Kier alpha value is -3.04. The summed E-state index contributed by atoms with van der Waals surface area (Å²) in [5.74, 6) is 0. The Balaban J connectivity index is 1.82. The summed E-state index contributed by atoms with van der Waals surface area (Å²) in [7, 11) is 0. The number of hydrogen-bond acceptors (Lipinski definition) is 2. The highest BCUT2D eigenvalue weighted by Gasteiger charge is 2.12. The molecule has 0 aliphatic rings. The van der Waals surface area contributed by atoms with E-state index < -0.39 is 0 Å². The van der Waals surface area contributed by atoms with E-state index in [0.29, 0.717) is 0 Å². The largest absolute Gasteiger partial charge is 0.246 e. The molecule has 128 valence electrons. The molecule has 0 bridgehead atoms. The van der Waals surface area contributed by atoms with E-state index in [-0.39, 0.29) is 0 Å². The van der Waals surface area contributed by atoms with Gasteiger partial charge in [0.25, 0.3) is 0 Å². The Kier molecular flexibility index (Phi) is 3.95. The van der Waals surface area contributed by atoms with E-state index in [1.807, 2.05) is 24.3 Å². The first kappa shape index (κ1) is 16.2.